The van der Waals surface area contributed by atoms with Crippen LogP contribution in [0.25, 0.3) is 0 Å². The average Bonchev–Trinajstić information content (AvgIpc) is 2.58. The topological polar surface area (TPSA) is 60.9 Å². The zero-order chi connectivity index (χ0) is 13.3. The molecule has 1 aliphatic heterocycles. The molecule has 0 aromatic heterocycles. The minimum atomic E-state index is -0.944. The average molecular weight is 252 g/mol. The Labute approximate surface area is 103 Å². The number of hydrogen-bond acceptors (Lipinski definition) is 2. The van der Waals surface area contributed by atoms with Gasteiger partial charge in [-0.3, -0.25) is 9.69 Å². The van der Waals surface area contributed by atoms with E-state index < -0.39 is 5.97 Å². The van der Waals surface area contributed by atoms with Gasteiger partial charge in [0.1, 0.15) is 5.82 Å². The Morgan fingerprint density at radius 3 is 2.61 bits per heavy atom. The molecule has 1 N–H and O–H groups in total. The van der Waals surface area contributed by atoms with Gasteiger partial charge in [0.05, 0.1) is 12.5 Å². The summed E-state index contributed by atoms with van der Waals surface area (Å²) in [5, 5.41) is 8.77. The first-order chi connectivity index (χ1) is 8.49. The van der Waals surface area contributed by atoms with Crippen LogP contribution in [0, 0.1) is 5.82 Å². The third-order valence-corrected chi connectivity index (χ3v) is 3.02. The van der Waals surface area contributed by atoms with E-state index in [2.05, 4.69) is 0 Å². The smallest absolute Gasteiger partial charge is 0.324 e. The predicted molar refractivity (Wildman–Crippen MR) is 62.9 cm³/mol. The Morgan fingerprint density at radius 1 is 1.44 bits per heavy atom. The van der Waals surface area contributed by atoms with Crippen LogP contribution in [0.2, 0.25) is 0 Å². The molecule has 1 aliphatic rings. The second-order valence-corrected chi connectivity index (χ2v) is 4.23. The molecule has 18 heavy (non-hydrogen) atoms. The highest BCUT2D eigenvalue weighted by molar-refractivity contribution is 5.94. The van der Waals surface area contributed by atoms with Crippen molar-refractivity contribution >= 4 is 17.7 Å². The first-order valence-corrected chi connectivity index (χ1v) is 5.50. The van der Waals surface area contributed by atoms with Gasteiger partial charge in [0.2, 0.25) is 0 Å². The van der Waals surface area contributed by atoms with Crippen molar-refractivity contribution in [3.8, 4) is 0 Å². The number of carboxylic acid groups (broad SMARTS) is 1. The number of urea groups is 1. The fourth-order valence-corrected chi connectivity index (χ4v) is 2.00. The van der Waals surface area contributed by atoms with Crippen molar-refractivity contribution in [3.63, 3.8) is 0 Å². The molecule has 1 unspecified atom stereocenters. The number of rotatable bonds is 3. The van der Waals surface area contributed by atoms with Crippen LogP contribution in [0.5, 0.6) is 0 Å². The number of carbonyl (C=O) groups excluding carboxylic acids is 1. The zero-order valence-electron chi connectivity index (χ0n) is 9.84. The van der Waals surface area contributed by atoms with E-state index in [0.29, 0.717) is 12.2 Å². The minimum Gasteiger partial charge on any atom is -0.481 e. The quantitative estimate of drug-likeness (QED) is 0.887. The number of aliphatic carboxylic acids is 1. The van der Waals surface area contributed by atoms with Gasteiger partial charge in [-0.15, -0.1) is 0 Å². The second-order valence-electron chi connectivity index (χ2n) is 4.23. The van der Waals surface area contributed by atoms with Gasteiger partial charge in [-0.2, -0.15) is 0 Å². The van der Waals surface area contributed by atoms with Gasteiger partial charge < -0.3 is 10.0 Å². The van der Waals surface area contributed by atoms with E-state index in [1.54, 1.807) is 7.05 Å². The maximum Gasteiger partial charge on any atom is 0.324 e. The van der Waals surface area contributed by atoms with Gasteiger partial charge in [0, 0.05) is 19.3 Å². The van der Waals surface area contributed by atoms with Crippen molar-refractivity contribution in [2.24, 2.45) is 0 Å². The van der Waals surface area contributed by atoms with Crippen molar-refractivity contribution in [2.45, 2.75) is 12.5 Å². The first kappa shape index (κ1) is 12.3. The number of carbonyl (C=O) groups is 2. The Morgan fingerprint density at radius 2 is 2.06 bits per heavy atom. The number of nitrogens with zero attached hydrogens (tertiary/aromatic N) is 2. The third kappa shape index (κ3) is 2.27. The van der Waals surface area contributed by atoms with Gasteiger partial charge in [0.25, 0.3) is 0 Å². The Bertz CT molecular complexity index is 475. The van der Waals surface area contributed by atoms with Crippen LogP contribution >= 0.6 is 0 Å². The maximum atomic E-state index is 12.8. The Balaban J connectivity index is 2.18. The van der Waals surface area contributed by atoms with E-state index in [0.717, 1.165) is 0 Å². The predicted octanol–water partition coefficient (Wildman–Crippen LogP) is 1.54. The molecule has 0 aliphatic carbocycles. The highest BCUT2D eigenvalue weighted by atomic mass is 19.1. The van der Waals surface area contributed by atoms with E-state index in [4.69, 9.17) is 5.11 Å². The summed E-state index contributed by atoms with van der Waals surface area (Å²) in [4.78, 5) is 25.5. The lowest BCUT2D eigenvalue weighted by molar-refractivity contribution is -0.137. The second kappa shape index (κ2) is 4.64. The summed E-state index contributed by atoms with van der Waals surface area (Å²) >= 11 is 0. The molecule has 96 valence electrons. The number of hydrogen-bond donors (Lipinski definition) is 1. The number of carboxylic acids is 1. The standard InChI is InChI=1S/C12H13FN2O3/c1-14-10(6-11(16)17)7-15(12(14)18)9-4-2-8(13)3-5-9/h2-5,10H,6-7H2,1H3,(H,16,17). The fraction of sp³-hybridized carbons (Fsp3) is 0.333. The number of benzene rings is 1. The van der Waals surface area contributed by atoms with Gasteiger partial charge in [-0.1, -0.05) is 0 Å². The summed E-state index contributed by atoms with van der Waals surface area (Å²) in [6, 6.07) is 4.92. The largest absolute Gasteiger partial charge is 0.481 e. The Kier molecular flexibility index (Phi) is 3.18. The van der Waals surface area contributed by atoms with Gasteiger partial charge in [-0.05, 0) is 24.3 Å². The number of amides is 2. The molecule has 1 aromatic carbocycles. The van der Waals surface area contributed by atoms with Crippen LogP contribution in [0.15, 0.2) is 24.3 Å². The molecule has 2 rings (SSSR count). The summed E-state index contributed by atoms with van der Waals surface area (Å²) in [5.41, 5.74) is 0.570. The molecule has 1 saturated heterocycles. The van der Waals surface area contributed by atoms with E-state index in [-0.39, 0.29) is 24.3 Å². The summed E-state index contributed by atoms with van der Waals surface area (Å²) < 4.78 is 12.8. The molecule has 0 radical (unpaired) electrons. The van der Waals surface area contributed by atoms with E-state index in [9.17, 15) is 14.0 Å². The van der Waals surface area contributed by atoms with Crippen molar-refractivity contribution in [3.05, 3.63) is 30.1 Å². The van der Waals surface area contributed by atoms with Crippen molar-refractivity contribution < 1.29 is 19.1 Å². The monoisotopic (exact) mass is 252 g/mol. The molecule has 1 fully saturated rings. The van der Waals surface area contributed by atoms with Crippen LogP contribution in [0.4, 0.5) is 14.9 Å². The van der Waals surface area contributed by atoms with Crippen LogP contribution in [0.3, 0.4) is 0 Å². The van der Waals surface area contributed by atoms with Gasteiger partial charge in [0.15, 0.2) is 0 Å². The van der Waals surface area contributed by atoms with Crippen molar-refractivity contribution in [1.82, 2.24) is 4.90 Å². The lowest BCUT2D eigenvalue weighted by Crippen LogP contribution is -2.32. The zero-order valence-corrected chi connectivity index (χ0v) is 9.84. The summed E-state index contributed by atoms with van der Waals surface area (Å²) in [7, 11) is 1.57. The molecule has 2 amide bonds. The van der Waals surface area contributed by atoms with Crippen molar-refractivity contribution in [2.75, 3.05) is 18.5 Å². The molecule has 0 spiro atoms. The normalized spacial score (nSPS) is 19.4. The van der Waals surface area contributed by atoms with Gasteiger partial charge in [-0.25, -0.2) is 9.18 Å². The van der Waals surface area contributed by atoms with E-state index in [1.165, 1.54) is 34.1 Å². The molecule has 1 heterocycles. The molecular formula is C12H13FN2O3. The third-order valence-electron chi connectivity index (χ3n) is 3.02. The number of likely N-dealkylation sites (N-methyl/N-ethyl adjacent to an activating group) is 1. The van der Waals surface area contributed by atoms with Gasteiger partial charge >= 0.3 is 12.0 Å². The summed E-state index contributed by atoms with van der Waals surface area (Å²) in [6.07, 6.45) is -0.0973. The molecule has 0 saturated carbocycles. The highest BCUT2D eigenvalue weighted by Crippen LogP contribution is 2.24. The number of halogens is 1. The highest BCUT2D eigenvalue weighted by Gasteiger charge is 2.36. The molecule has 5 nitrogen and oxygen atoms in total. The molecule has 0 bridgehead atoms. The molecule has 1 aromatic rings. The van der Waals surface area contributed by atoms with Crippen LogP contribution in [-0.2, 0) is 4.79 Å². The van der Waals surface area contributed by atoms with Crippen LogP contribution in [-0.4, -0.2) is 41.6 Å². The molecule has 6 heteroatoms. The SMILES string of the molecule is CN1C(=O)N(c2ccc(F)cc2)CC1CC(=O)O. The van der Waals surface area contributed by atoms with Crippen molar-refractivity contribution in [1.29, 1.82) is 0 Å². The lowest BCUT2D eigenvalue weighted by atomic mass is 10.2. The first-order valence-electron chi connectivity index (χ1n) is 5.50. The summed E-state index contributed by atoms with van der Waals surface area (Å²) in [5.74, 6) is -1.32. The minimum absolute atomic E-state index is 0.0973. The lowest BCUT2D eigenvalue weighted by Gasteiger charge is -2.16. The Hall–Kier alpha value is -2.11. The number of anilines is 1. The van der Waals surface area contributed by atoms with E-state index in [1.807, 2.05) is 0 Å². The van der Waals surface area contributed by atoms with Crippen LogP contribution in [0.1, 0.15) is 6.42 Å². The fourth-order valence-electron chi connectivity index (χ4n) is 2.00. The molecule has 1 atom stereocenters. The molecular weight excluding hydrogens is 239 g/mol. The summed E-state index contributed by atoms with van der Waals surface area (Å²) in [6.45, 7) is 0.299. The van der Waals surface area contributed by atoms with Crippen LogP contribution < -0.4 is 4.90 Å². The maximum absolute atomic E-state index is 12.8. The van der Waals surface area contributed by atoms with E-state index >= 15 is 0 Å².